The third-order valence-corrected chi connectivity index (χ3v) is 7.69. The molecule has 0 aromatic heterocycles. The minimum absolute atomic E-state index is 0.0580. The van der Waals surface area contributed by atoms with Gasteiger partial charge in [0.1, 0.15) is 5.78 Å². The van der Waals surface area contributed by atoms with Crippen molar-refractivity contribution in [2.45, 2.75) is 71.8 Å². The second-order valence-electron chi connectivity index (χ2n) is 8.64. The largest absolute Gasteiger partial charge is 0.392 e. The zero-order valence-corrected chi connectivity index (χ0v) is 13.8. The zero-order valence-electron chi connectivity index (χ0n) is 13.8. The van der Waals surface area contributed by atoms with E-state index in [1.54, 1.807) is 0 Å². The van der Waals surface area contributed by atoms with E-state index >= 15 is 0 Å². The van der Waals surface area contributed by atoms with Gasteiger partial charge in [0.25, 0.3) is 0 Å². The molecule has 0 aromatic carbocycles. The van der Waals surface area contributed by atoms with Crippen LogP contribution in [0.1, 0.15) is 65.7 Å². The van der Waals surface area contributed by atoms with Crippen LogP contribution in [0.25, 0.3) is 0 Å². The molecule has 3 saturated carbocycles. The third kappa shape index (κ3) is 1.98. The van der Waals surface area contributed by atoms with E-state index in [0.29, 0.717) is 11.7 Å². The Morgan fingerprint density at radius 2 is 1.95 bits per heavy atom. The minimum atomic E-state index is -0.360. The van der Waals surface area contributed by atoms with Crippen LogP contribution in [0.2, 0.25) is 0 Å². The van der Waals surface area contributed by atoms with E-state index in [2.05, 4.69) is 27.4 Å². The predicted molar refractivity (Wildman–Crippen MR) is 84.8 cm³/mol. The van der Waals surface area contributed by atoms with Crippen LogP contribution in [0.4, 0.5) is 0 Å². The monoisotopic (exact) mass is 290 g/mol. The molecule has 0 spiro atoms. The topological polar surface area (TPSA) is 37.3 Å². The molecule has 0 amide bonds. The first-order chi connectivity index (χ1) is 9.77. The van der Waals surface area contributed by atoms with E-state index in [0.717, 1.165) is 38.5 Å². The van der Waals surface area contributed by atoms with E-state index in [9.17, 15) is 9.90 Å². The molecule has 4 unspecified atom stereocenters. The van der Waals surface area contributed by atoms with E-state index in [-0.39, 0.29) is 28.3 Å². The molecule has 2 heteroatoms. The maximum Gasteiger partial charge on any atom is 0.137 e. The lowest BCUT2D eigenvalue weighted by Gasteiger charge is -2.57. The Balaban J connectivity index is 2.08. The lowest BCUT2D eigenvalue weighted by Crippen LogP contribution is -2.53. The molecular formula is C19H30O2. The molecule has 0 aliphatic heterocycles. The van der Waals surface area contributed by atoms with Crippen molar-refractivity contribution in [1.29, 1.82) is 0 Å². The van der Waals surface area contributed by atoms with Crippen LogP contribution in [-0.4, -0.2) is 17.0 Å². The van der Waals surface area contributed by atoms with Crippen molar-refractivity contribution in [2.24, 2.45) is 28.1 Å². The number of ketones is 1. The summed E-state index contributed by atoms with van der Waals surface area (Å²) >= 11 is 0. The third-order valence-electron chi connectivity index (χ3n) is 7.69. The molecule has 3 fully saturated rings. The first-order valence-corrected chi connectivity index (χ1v) is 8.62. The van der Waals surface area contributed by atoms with Gasteiger partial charge in [-0.3, -0.25) is 4.79 Å². The Bertz CT molecular complexity index is 470. The smallest absolute Gasteiger partial charge is 0.137 e. The Labute approximate surface area is 129 Å². The molecule has 3 aliphatic carbocycles. The number of hydrogen-bond donors (Lipinski definition) is 1. The van der Waals surface area contributed by atoms with E-state index in [1.807, 2.05) is 6.08 Å². The van der Waals surface area contributed by atoms with Gasteiger partial charge in [-0.15, -0.1) is 6.58 Å². The number of rotatable bonds is 1. The summed E-state index contributed by atoms with van der Waals surface area (Å²) < 4.78 is 0. The summed E-state index contributed by atoms with van der Waals surface area (Å²) in [6.45, 7) is 10.8. The van der Waals surface area contributed by atoms with Gasteiger partial charge in [0, 0.05) is 17.8 Å². The maximum absolute atomic E-state index is 12.7. The van der Waals surface area contributed by atoms with Gasteiger partial charge in [0.2, 0.25) is 0 Å². The highest BCUT2D eigenvalue weighted by Gasteiger charge is 2.62. The van der Waals surface area contributed by atoms with Gasteiger partial charge in [-0.2, -0.15) is 0 Å². The minimum Gasteiger partial charge on any atom is -0.392 e. The van der Waals surface area contributed by atoms with E-state index < -0.39 is 0 Å². The molecule has 118 valence electrons. The van der Waals surface area contributed by atoms with Crippen molar-refractivity contribution in [3.8, 4) is 0 Å². The molecule has 0 aromatic rings. The number of carbonyl (C=O) groups is 1. The highest BCUT2D eigenvalue weighted by molar-refractivity contribution is 5.85. The maximum atomic E-state index is 12.7. The van der Waals surface area contributed by atoms with Crippen LogP contribution >= 0.6 is 0 Å². The molecule has 0 heterocycles. The van der Waals surface area contributed by atoms with Gasteiger partial charge in [0.15, 0.2) is 0 Å². The van der Waals surface area contributed by atoms with Crippen LogP contribution in [-0.2, 0) is 4.79 Å². The highest BCUT2D eigenvalue weighted by atomic mass is 16.3. The van der Waals surface area contributed by atoms with Crippen molar-refractivity contribution in [3.05, 3.63) is 12.7 Å². The van der Waals surface area contributed by atoms with Crippen LogP contribution < -0.4 is 0 Å². The molecule has 0 saturated heterocycles. The molecule has 2 nitrogen and oxygen atoms in total. The summed E-state index contributed by atoms with van der Waals surface area (Å²) in [6, 6.07) is 0. The molecule has 2 bridgehead atoms. The molecule has 1 N–H and O–H groups in total. The van der Waals surface area contributed by atoms with Gasteiger partial charge < -0.3 is 5.11 Å². The number of carbonyl (C=O) groups excluding carboxylic acids is 1. The second kappa shape index (κ2) is 4.68. The molecule has 21 heavy (non-hydrogen) atoms. The number of hydrogen-bond acceptors (Lipinski definition) is 2. The van der Waals surface area contributed by atoms with Crippen LogP contribution in [0.3, 0.4) is 0 Å². The Morgan fingerprint density at radius 3 is 2.62 bits per heavy atom. The van der Waals surface area contributed by atoms with Crippen molar-refractivity contribution >= 4 is 5.78 Å². The Morgan fingerprint density at radius 1 is 1.24 bits per heavy atom. The van der Waals surface area contributed by atoms with Gasteiger partial charge in [-0.25, -0.2) is 0 Å². The van der Waals surface area contributed by atoms with Crippen LogP contribution in [0.15, 0.2) is 12.7 Å². The van der Waals surface area contributed by atoms with Crippen LogP contribution in [0, 0.1) is 28.1 Å². The highest BCUT2D eigenvalue weighted by Crippen LogP contribution is 2.65. The van der Waals surface area contributed by atoms with Crippen molar-refractivity contribution in [2.75, 3.05) is 0 Å². The lowest BCUT2D eigenvalue weighted by molar-refractivity contribution is -0.144. The van der Waals surface area contributed by atoms with Crippen molar-refractivity contribution < 1.29 is 9.90 Å². The Hall–Kier alpha value is -0.630. The summed E-state index contributed by atoms with van der Waals surface area (Å²) in [7, 11) is 0. The van der Waals surface area contributed by atoms with Gasteiger partial charge in [-0.05, 0) is 55.3 Å². The molecule has 0 radical (unpaired) electrons. The summed E-state index contributed by atoms with van der Waals surface area (Å²) in [6.07, 6.45) is 8.39. The van der Waals surface area contributed by atoms with Crippen molar-refractivity contribution in [3.63, 3.8) is 0 Å². The van der Waals surface area contributed by atoms with Gasteiger partial charge in [0.05, 0.1) is 6.10 Å². The van der Waals surface area contributed by atoms with E-state index in [4.69, 9.17) is 0 Å². The molecule has 3 rings (SSSR count). The zero-order chi connectivity index (χ0) is 15.5. The second-order valence-corrected chi connectivity index (χ2v) is 8.64. The molecular weight excluding hydrogens is 260 g/mol. The molecule has 6 atom stereocenters. The lowest BCUT2D eigenvalue weighted by atomic mass is 9.47. The number of Topliss-reactive ketones (excluding diaryl/α,β-unsaturated/α-hetero) is 1. The Kier molecular flexibility index (Phi) is 3.40. The fraction of sp³-hybridized carbons (Fsp3) is 0.842. The fourth-order valence-corrected chi connectivity index (χ4v) is 5.73. The van der Waals surface area contributed by atoms with Gasteiger partial charge in [-0.1, -0.05) is 26.8 Å². The standard InChI is InChI=1S/C19H30O2/c1-5-17(3)10-11-18(4)13(2)6-8-19(12-15(17)21)9-7-14(20)16(18)19/h5,13,15-16,21H,1,6-12H2,2-4H3/t13?,15?,16?,17-,18-,19?/m1/s1. The fourth-order valence-electron chi connectivity index (χ4n) is 5.73. The normalized spacial score (nSPS) is 53.7. The summed E-state index contributed by atoms with van der Waals surface area (Å²) in [5.74, 6) is 1.25. The first-order valence-electron chi connectivity index (χ1n) is 8.62. The SMILES string of the molecule is C=C[C@]1(C)CC[C@]2(C)C(C)CCC3(CCC(=O)C32)CC1O. The number of aliphatic hydroxyl groups excluding tert-OH is 1. The average Bonchev–Trinajstić information content (AvgIpc) is 2.78. The summed E-state index contributed by atoms with van der Waals surface area (Å²) in [5, 5.41) is 10.8. The average molecular weight is 290 g/mol. The number of aliphatic hydroxyl groups is 1. The van der Waals surface area contributed by atoms with Gasteiger partial charge >= 0.3 is 0 Å². The van der Waals surface area contributed by atoms with E-state index in [1.165, 1.54) is 6.42 Å². The predicted octanol–water partition coefficient (Wildman–Crippen LogP) is 4.13. The van der Waals surface area contributed by atoms with Crippen LogP contribution in [0.5, 0.6) is 0 Å². The molecule has 3 aliphatic rings. The quantitative estimate of drug-likeness (QED) is 0.737. The summed E-state index contributed by atoms with van der Waals surface area (Å²) in [5.41, 5.74) is -0.0411. The first kappa shape index (κ1) is 15.3. The summed E-state index contributed by atoms with van der Waals surface area (Å²) in [4.78, 5) is 12.7. The van der Waals surface area contributed by atoms with Crippen molar-refractivity contribution in [1.82, 2.24) is 0 Å².